The van der Waals surface area contributed by atoms with E-state index in [1.807, 2.05) is 24.3 Å². The summed E-state index contributed by atoms with van der Waals surface area (Å²) < 4.78 is 9.69. The summed E-state index contributed by atoms with van der Waals surface area (Å²) in [5, 5.41) is 6.22. The normalized spacial score (nSPS) is 10.2. The van der Waals surface area contributed by atoms with Crippen LogP contribution in [0.3, 0.4) is 0 Å². The zero-order valence-corrected chi connectivity index (χ0v) is 18.7. The van der Waals surface area contributed by atoms with E-state index in [2.05, 4.69) is 10.6 Å². The van der Waals surface area contributed by atoms with Crippen LogP contribution < -0.4 is 15.4 Å². The van der Waals surface area contributed by atoms with Gasteiger partial charge in [0, 0.05) is 22.8 Å². The van der Waals surface area contributed by atoms with Crippen molar-refractivity contribution in [3.05, 3.63) is 94.5 Å². The van der Waals surface area contributed by atoms with E-state index in [9.17, 15) is 14.4 Å². The molecule has 2 amide bonds. The molecule has 0 aliphatic rings. The molecular formula is C25H23ClN2O5. The lowest BCUT2D eigenvalue weighted by Gasteiger charge is -2.10. The molecule has 0 bridgehead atoms. The minimum atomic E-state index is -0.800. The number of nitrogens with one attached hydrogen (secondary N) is 2. The molecule has 33 heavy (non-hydrogen) atoms. The van der Waals surface area contributed by atoms with E-state index in [1.165, 1.54) is 12.1 Å². The van der Waals surface area contributed by atoms with Gasteiger partial charge in [0.1, 0.15) is 5.75 Å². The first-order chi connectivity index (χ1) is 15.9. The van der Waals surface area contributed by atoms with Crippen LogP contribution in [0.5, 0.6) is 5.75 Å². The minimum Gasteiger partial charge on any atom is -0.434 e. The number of anilines is 1. The second-order valence-electron chi connectivity index (χ2n) is 7.01. The Morgan fingerprint density at radius 2 is 1.70 bits per heavy atom. The van der Waals surface area contributed by atoms with Gasteiger partial charge in [-0.25, -0.2) is 4.79 Å². The van der Waals surface area contributed by atoms with Gasteiger partial charge in [0.25, 0.3) is 5.91 Å². The average molecular weight is 467 g/mol. The lowest BCUT2D eigenvalue weighted by molar-refractivity contribution is -0.120. The highest BCUT2D eigenvalue weighted by Gasteiger charge is 2.10. The van der Waals surface area contributed by atoms with Gasteiger partial charge < -0.3 is 20.1 Å². The molecule has 170 valence electrons. The van der Waals surface area contributed by atoms with Gasteiger partial charge in [-0.2, -0.15) is 0 Å². The number of rotatable bonds is 8. The number of hydrogen-bond acceptors (Lipinski definition) is 5. The fourth-order valence-electron chi connectivity index (χ4n) is 2.96. The molecule has 0 aliphatic carbocycles. The van der Waals surface area contributed by atoms with Gasteiger partial charge in [-0.1, -0.05) is 41.9 Å². The highest BCUT2D eigenvalue weighted by molar-refractivity contribution is 6.31. The van der Waals surface area contributed by atoms with Gasteiger partial charge >= 0.3 is 6.16 Å². The minimum absolute atomic E-state index is 0.150. The Labute approximate surface area is 196 Å². The summed E-state index contributed by atoms with van der Waals surface area (Å²) in [4.78, 5) is 36.1. The maximum absolute atomic E-state index is 12.5. The fourth-order valence-corrected chi connectivity index (χ4v) is 3.16. The smallest absolute Gasteiger partial charge is 0.434 e. The van der Waals surface area contributed by atoms with Crippen LogP contribution in [0.1, 0.15) is 28.4 Å². The molecule has 0 unspecified atom stereocenters. The lowest BCUT2D eigenvalue weighted by Crippen LogP contribution is -2.24. The summed E-state index contributed by atoms with van der Waals surface area (Å²) >= 11 is 6.10. The Balaban J connectivity index is 1.54. The number of ether oxygens (including phenoxy) is 2. The molecule has 3 rings (SSSR count). The van der Waals surface area contributed by atoms with Crippen molar-refractivity contribution in [2.24, 2.45) is 0 Å². The monoisotopic (exact) mass is 466 g/mol. The summed E-state index contributed by atoms with van der Waals surface area (Å²) in [6.45, 7) is 2.20. The summed E-state index contributed by atoms with van der Waals surface area (Å²) in [6, 6.07) is 20.5. The van der Waals surface area contributed by atoms with Crippen LogP contribution in [0.4, 0.5) is 10.5 Å². The molecule has 8 heteroatoms. The number of carbonyl (C=O) groups excluding carboxylic acids is 3. The lowest BCUT2D eigenvalue weighted by atomic mass is 10.1. The van der Waals surface area contributed by atoms with Crippen molar-refractivity contribution < 1.29 is 23.9 Å². The predicted octanol–water partition coefficient (Wildman–Crippen LogP) is 4.99. The van der Waals surface area contributed by atoms with Crippen molar-refractivity contribution in [2.45, 2.75) is 19.9 Å². The number of hydrogen-bond donors (Lipinski definition) is 2. The zero-order chi connectivity index (χ0) is 23.6. The SMILES string of the molecule is CCOC(=O)Oc1ccc(C(=O)Nc2cccc(CNC(=O)Cc3ccccc3Cl)c2)cc1. The van der Waals surface area contributed by atoms with Crippen molar-refractivity contribution in [2.75, 3.05) is 11.9 Å². The maximum atomic E-state index is 12.5. The highest BCUT2D eigenvalue weighted by atomic mass is 35.5. The van der Waals surface area contributed by atoms with E-state index in [0.29, 0.717) is 22.8 Å². The molecule has 0 aliphatic heterocycles. The third kappa shape index (κ3) is 7.36. The van der Waals surface area contributed by atoms with E-state index in [1.54, 1.807) is 43.3 Å². The second-order valence-corrected chi connectivity index (χ2v) is 7.42. The molecule has 0 radical (unpaired) electrons. The molecular weight excluding hydrogens is 444 g/mol. The van der Waals surface area contributed by atoms with E-state index in [4.69, 9.17) is 21.1 Å². The Morgan fingerprint density at radius 3 is 2.42 bits per heavy atom. The molecule has 0 atom stereocenters. The van der Waals surface area contributed by atoms with E-state index in [0.717, 1.165) is 11.1 Å². The topological polar surface area (TPSA) is 93.7 Å². The van der Waals surface area contributed by atoms with Gasteiger partial charge in [0.15, 0.2) is 0 Å². The Bertz CT molecular complexity index is 1130. The van der Waals surface area contributed by atoms with E-state index >= 15 is 0 Å². The molecule has 3 aromatic carbocycles. The number of benzene rings is 3. The van der Waals surface area contributed by atoms with Gasteiger partial charge in [-0.05, 0) is 60.5 Å². The Hall–Kier alpha value is -3.84. The van der Waals surface area contributed by atoms with Gasteiger partial charge in [0.05, 0.1) is 13.0 Å². The van der Waals surface area contributed by atoms with Crippen molar-refractivity contribution in [3.63, 3.8) is 0 Å². The average Bonchev–Trinajstić information content (AvgIpc) is 2.80. The molecule has 3 aromatic rings. The summed E-state index contributed by atoms with van der Waals surface area (Å²) in [5.74, 6) is -0.195. The van der Waals surface area contributed by atoms with Crippen molar-refractivity contribution in [3.8, 4) is 5.75 Å². The van der Waals surface area contributed by atoms with E-state index < -0.39 is 6.16 Å². The third-order valence-corrected chi connectivity index (χ3v) is 4.93. The van der Waals surface area contributed by atoms with Crippen LogP contribution in [-0.2, 0) is 22.5 Å². The largest absolute Gasteiger partial charge is 0.513 e. The van der Waals surface area contributed by atoms with Crippen molar-refractivity contribution in [1.29, 1.82) is 0 Å². The van der Waals surface area contributed by atoms with Crippen LogP contribution in [-0.4, -0.2) is 24.6 Å². The first-order valence-corrected chi connectivity index (χ1v) is 10.7. The quantitative estimate of drug-likeness (QED) is 0.360. The Morgan fingerprint density at radius 1 is 0.939 bits per heavy atom. The van der Waals surface area contributed by atoms with Crippen molar-refractivity contribution in [1.82, 2.24) is 5.32 Å². The molecule has 0 heterocycles. The summed E-state index contributed by atoms with van der Waals surface area (Å²) in [5.41, 5.74) is 2.57. The first kappa shape index (κ1) is 23.8. The zero-order valence-electron chi connectivity index (χ0n) is 18.0. The van der Waals surface area contributed by atoms with Crippen molar-refractivity contribution >= 4 is 35.3 Å². The number of amides is 2. The van der Waals surface area contributed by atoms with Crippen LogP contribution >= 0.6 is 11.6 Å². The van der Waals surface area contributed by atoms with Crippen LogP contribution in [0.25, 0.3) is 0 Å². The van der Waals surface area contributed by atoms with E-state index in [-0.39, 0.29) is 30.6 Å². The predicted molar refractivity (Wildman–Crippen MR) is 125 cm³/mol. The van der Waals surface area contributed by atoms with Gasteiger partial charge in [-0.15, -0.1) is 0 Å². The standard InChI is InChI=1S/C25H23ClN2O5/c1-2-32-25(31)33-21-12-10-18(11-13-21)24(30)28-20-8-5-6-17(14-20)16-27-23(29)15-19-7-3-4-9-22(19)26/h3-14H,2,15-16H2,1H3,(H,27,29)(H,28,30). The molecule has 0 fully saturated rings. The van der Waals surface area contributed by atoms with Gasteiger partial charge in [-0.3, -0.25) is 9.59 Å². The second kappa shape index (κ2) is 11.7. The van der Waals surface area contributed by atoms with Crippen LogP contribution in [0, 0.1) is 0 Å². The molecule has 7 nitrogen and oxygen atoms in total. The molecule has 0 saturated carbocycles. The van der Waals surface area contributed by atoms with Crippen LogP contribution in [0.2, 0.25) is 5.02 Å². The first-order valence-electron chi connectivity index (χ1n) is 10.3. The molecule has 2 N–H and O–H groups in total. The highest BCUT2D eigenvalue weighted by Crippen LogP contribution is 2.17. The molecule has 0 aromatic heterocycles. The summed E-state index contributed by atoms with van der Waals surface area (Å²) in [7, 11) is 0. The molecule has 0 spiro atoms. The number of halogens is 1. The Kier molecular flexibility index (Phi) is 8.43. The summed E-state index contributed by atoms with van der Waals surface area (Å²) in [6.07, 6.45) is -0.614. The fraction of sp³-hybridized carbons (Fsp3) is 0.160. The van der Waals surface area contributed by atoms with Gasteiger partial charge in [0.2, 0.25) is 5.91 Å². The number of carbonyl (C=O) groups is 3. The molecule has 0 saturated heterocycles. The third-order valence-electron chi connectivity index (χ3n) is 4.56. The van der Waals surface area contributed by atoms with Crippen LogP contribution in [0.15, 0.2) is 72.8 Å². The maximum Gasteiger partial charge on any atom is 0.513 e.